The molecule has 0 aliphatic carbocycles. The third-order valence-electron chi connectivity index (χ3n) is 3.94. The van der Waals surface area contributed by atoms with Gasteiger partial charge in [-0.25, -0.2) is 0 Å². The average molecular weight is 329 g/mol. The van der Waals surface area contributed by atoms with E-state index in [-0.39, 0.29) is 0 Å². The predicted octanol–water partition coefficient (Wildman–Crippen LogP) is 5.93. The van der Waals surface area contributed by atoms with E-state index >= 15 is 0 Å². The maximum Gasteiger partial charge on any atom is 0.0658 e. The van der Waals surface area contributed by atoms with Gasteiger partial charge >= 0.3 is 0 Å². The number of benzene rings is 3. The smallest absolute Gasteiger partial charge is 0.0658 e. The highest BCUT2D eigenvalue weighted by molar-refractivity contribution is 7.80. The first-order valence-corrected chi connectivity index (χ1v) is 8.32. The van der Waals surface area contributed by atoms with Crippen molar-refractivity contribution in [1.82, 2.24) is 0 Å². The first-order valence-electron chi connectivity index (χ1n) is 7.87. The molecule has 0 N–H and O–H groups in total. The zero-order valence-corrected chi connectivity index (χ0v) is 14.3. The monoisotopic (exact) mass is 329 g/mol. The van der Waals surface area contributed by atoms with Crippen LogP contribution in [0.3, 0.4) is 0 Å². The van der Waals surface area contributed by atoms with E-state index < -0.39 is 0 Å². The predicted molar refractivity (Wildman–Crippen MR) is 107 cm³/mol. The first kappa shape index (κ1) is 16.3. The van der Waals surface area contributed by atoms with Crippen LogP contribution < -0.4 is 0 Å². The van der Waals surface area contributed by atoms with Gasteiger partial charge in [0.15, 0.2) is 0 Å². The summed E-state index contributed by atoms with van der Waals surface area (Å²) in [4.78, 5) is 5.17. The number of hydrogen-bond acceptors (Lipinski definition) is 2. The van der Waals surface area contributed by atoms with E-state index in [2.05, 4.69) is 72.9 Å². The molecule has 0 radical (unpaired) electrons. The standard InChI is InChI=1S/C22H19NS/c1-23-21(16-11-17-7-3-2-4-8-17)19-14-12-18(13-15-19)20-9-5-6-10-22(20)24/h2-10,12-16,24H,1,11H2/b21-16-. The van der Waals surface area contributed by atoms with E-state index in [9.17, 15) is 0 Å². The summed E-state index contributed by atoms with van der Waals surface area (Å²) in [6.07, 6.45) is 2.96. The van der Waals surface area contributed by atoms with Crippen LogP contribution in [0, 0.1) is 0 Å². The number of allylic oxidation sites excluding steroid dienone is 1. The Morgan fingerprint density at radius 2 is 1.54 bits per heavy atom. The summed E-state index contributed by atoms with van der Waals surface area (Å²) in [7, 11) is 0. The van der Waals surface area contributed by atoms with Crippen molar-refractivity contribution in [3.63, 3.8) is 0 Å². The number of thiol groups is 1. The fourth-order valence-corrected chi connectivity index (χ4v) is 2.93. The summed E-state index contributed by atoms with van der Waals surface area (Å²) in [5, 5.41) is 0. The van der Waals surface area contributed by atoms with E-state index in [0.29, 0.717) is 0 Å². The van der Waals surface area contributed by atoms with Crippen LogP contribution in [0.5, 0.6) is 0 Å². The Morgan fingerprint density at radius 1 is 0.875 bits per heavy atom. The zero-order valence-electron chi connectivity index (χ0n) is 13.4. The van der Waals surface area contributed by atoms with Gasteiger partial charge < -0.3 is 0 Å². The van der Waals surface area contributed by atoms with E-state index in [1.54, 1.807) is 0 Å². The fraction of sp³-hybridized carbons (Fsp3) is 0.0455. The van der Waals surface area contributed by atoms with Crippen molar-refractivity contribution in [3.05, 3.63) is 96.1 Å². The molecule has 24 heavy (non-hydrogen) atoms. The number of hydrogen-bond donors (Lipinski definition) is 1. The van der Waals surface area contributed by atoms with E-state index in [1.165, 1.54) is 5.56 Å². The van der Waals surface area contributed by atoms with Crippen molar-refractivity contribution in [2.45, 2.75) is 11.3 Å². The van der Waals surface area contributed by atoms with Gasteiger partial charge in [0.25, 0.3) is 0 Å². The maximum atomic E-state index is 4.53. The van der Waals surface area contributed by atoms with Crippen molar-refractivity contribution in [3.8, 4) is 11.1 Å². The molecule has 0 heterocycles. The molecular formula is C22H19NS. The van der Waals surface area contributed by atoms with Crippen LogP contribution in [0.25, 0.3) is 16.8 Å². The summed E-state index contributed by atoms with van der Waals surface area (Å²) in [6.45, 7) is 3.71. The first-order chi connectivity index (χ1) is 11.8. The van der Waals surface area contributed by atoms with Crippen LogP contribution in [0.1, 0.15) is 11.1 Å². The second-order valence-electron chi connectivity index (χ2n) is 5.53. The van der Waals surface area contributed by atoms with Crippen LogP contribution in [-0.4, -0.2) is 6.72 Å². The molecular weight excluding hydrogens is 310 g/mol. The lowest BCUT2D eigenvalue weighted by Gasteiger charge is -2.07. The third-order valence-corrected chi connectivity index (χ3v) is 4.33. The van der Waals surface area contributed by atoms with E-state index in [1.807, 2.05) is 36.4 Å². The summed E-state index contributed by atoms with van der Waals surface area (Å²) < 4.78 is 0. The highest BCUT2D eigenvalue weighted by Gasteiger charge is 2.04. The van der Waals surface area contributed by atoms with E-state index in [0.717, 1.165) is 33.7 Å². The Kier molecular flexibility index (Phi) is 5.29. The van der Waals surface area contributed by atoms with Gasteiger partial charge in [-0.2, -0.15) is 0 Å². The van der Waals surface area contributed by atoms with Crippen molar-refractivity contribution in [2.75, 3.05) is 0 Å². The molecule has 0 saturated carbocycles. The van der Waals surface area contributed by atoms with Crippen LogP contribution in [-0.2, 0) is 6.42 Å². The van der Waals surface area contributed by atoms with Gasteiger partial charge in [-0.3, -0.25) is 4.99 Å². The summed E-state index contributed by atoms with van der Waals surface area (Å²) in [5.41, 5.74) is 5.52. The molecule has 0 spiro atoms. The zero-order chi connectivity index (χ0) is 16.8. The Balaban J connectivity index is 1.83. The largest absolute Gasteiger partial charge is 0.264 e. The number of rotatable bonds is 5. The second-order valence-corrected chi connectivity index (χ2v) is 6.01. The molecule has 0 amide bonds. The fourth-order valence-electron chi connectivity index (χ4n) is 2.64. The topological polar surface area (TPSA) is 12.4 Å². The van der Waals surface area contributed by atoms with Gasteiger partial charge in [-0.15, -0.1) is 12.6 Å². The minimum atomic E-state index is 0.844. The van der Waals surface area contributed by atoms with E-state index in [4.69, 9.17) is 0 Å². The lowest BCUT2D eigenvalue weighted by atomic mass is 10.0. The van der Waals surface area contributed by atoms with Crippen LogP contribution in [0.4, 0.5) is 0 Å². The second kappa shape index (κ2) is 7.80. The highest BCUT2D eigenvalue weighted by Crippen LogP contribution is 2.28. The van der Waals surface area contributed by atoms with Crippen molar-refractivity contribution < 1.29 is 0 Å². The van der Waals surface area contributed by atoms with Crippen molar-refractivity contribution in [2.24, 2.45) is 4.99 Å². The normalized spacial score (nSPS) is 11.3. The van der Waals surface area contributed by atoms with Crippen LogP contribution >= 0.6 is 12.6 Å². The van der Waals surface area contributed by atoms with Crippen LogP contribution in [0.15, 0.2) is 94.8 Å². The van der Waals surface area contributed by atoms with Gasteiger partial charge in [0.1, 0.15) is 0 Å². The van der Waals surface area contributed by atoms with Gasteiger partial charge in [-0.1, -0.05) is 78.9 Å². The molecule has 1 nitrogen and oxygen atoms in total. The third kappa shape index (κ3) is 3.84. The number of aliphatic imine (C=N–C) groups is 1. The number of nitrogens with zero attached hydrogens (tertiary/aromatic N) is 1. The molecule has 0 atom stereocenters. The lowest BCUT2D eigenvalue weighted by molar-refractivity contribution is 1.26. The molecule has 118 valence electrons. The molecule has 0 fully saturated rings. The molecule has 0 aromatic heterocycles. The van der Waals surface area contributed by atoms with Crippen molar-refractivity contribution >= 4 is 25.0 Å². The molecule has 0 unspecified atom stereocenters. The average Bonchev–Trinajstić information content (AvgIpc) is 2.64. The Bertz CT molecular complexity index is 849. The minimum Gasteiger partial charge on any atom is -0.264 e. The summed E-state index contributed by atoms with van der Waals surface area (Å²) >= 11 is 4.53. The van der Waals surface area contributed by atoms with Gasteiger partial charge in [0.2, 0.25) is 0 Å². The summed E-state index contributed by atoms with van der Waals surface area (Å²) in [6, 6.07) is 26.8. The summed E-state index contributed by atoms with van der Waals surface area (Å²) in [5.74, 6) is 0. The van der Waals surface area contributed by atoms with Crippen LogP contribution in [0.2, 0.25) is 0 Å². The van der Waals surface area contributed by atoms with Gasteiger partial charge in [0.05, 0.1) is 5.70 Å². The molecule has 3 rings (SSSR count). The lowest BCUT2D eigenvalue weighted by Crippen LogP contribution is -1.86. The molecule has 2 heteroatoms. The Morgan fingerprint density at radius 3 is 2.21 bits per heavy atom. The highest BCUT2D eigenvalue weighted by atomic mass is 32.1. The molecule has 0 aliphatic heterocycles. The Hall–Kier alpha value is -2.58. The maximum absolute atomic E-state index is 4.53. The minimum absolute atomic E-state index is 0.844. The molecule has 0 saturated heterocycles. The van der Waals surface area contributed by atoms with Crippen molar-refractivity contribution in [1.29, 1.82) is 0 Å². The molecule has 3 aromatic rings. The molecule has 0 aliphatic rings. The molecule has 3 aromatic carbocycles. The van der Waals surface area contributed by atoms with Gasteiger partial charge in [0, 0.05) is 4.90 Å². The SMILES string of the molecule is C=N/C(=C\Cc1ccccc1)c1ccc(-c2ccccc2S)cc1. The Labute approximate surface area is 148 Å². The quantitative estimate of drug-likeness (QED) is 0.440. The van der Waals surface area contributed by atoms with Gasteiger partial charge in [-0.05, 0) is 41.5 Å². The molecule has 0 bridgehead atoms.